The molecule has 0 radical (unpaired) electrons. The van der Waals surface area contributed by atoms with Crippen LogP contribution in [0.25, 0.3) is 5.69 Å². The molecule has 0 amide bonds. The smallest absolute Gasteiger partial charge is 0.316 e. The number of thioether (sulfide) groups is 1. The molecule has 0 aliphatic rings. The molecule has 0 bridgehead atoms. The maximum atomic E-state index is 12.8. The van der Waals surface area contributed by atoms with Gasteiger partial charge in [-0.3, -0.25) is 9.36 Å². The maximum Gasteiger partial charge on any atom is 0.316 e. The maximum absolute atomic E-state index is 12.8. The van der Waals surface area contributed by atoms with Gasteiger partial charge in [-0.25, -0.2) is 8.42 Å². The molecule has 0 N–H and O–H groups in total. The lowest BCUT2D eigenvalue weighted by Crippen LogP contribution is -2.11. The van der Waals surface area contributed by atoms with Crippen LogP contribution in [0.2, 0.25) is 0 Å². The zero-order valence-corrected chi connectivity index (χ0v) is 16.8. The molecule has 28 heavy (non-hydrogen) atoms. The van der Waals surface area contributed by atoms with Crippen molar-refractivity contribution in [2.24, 2.45) is 0 Å². The first-order valence-electron chi connectivity index (χ1n) is 8.57. The van der Waals surface area contributed by atoms with Crippen molar-refractivity contribution in [3.05, 3.63) is 66.5 Å². The fourth-order valence-corrected chi connectivity index (χ4v) is 4.56. The Balaban J connectivity index is 1.94. The summed E-state index contributed by atoms with van der Waals surface area (Å²) in [6, 6.07) is 17.4. The van der Waals surface area contributed by atoms with Crippen LogP contribution in [0.15, 0.2) is 70.7 Å². The van der Waals surface area contributed by atoms with E-state index in [1.54, 1.807) is 41.8 Å². The van der Waals surface area contributed by atoms with Gasteiger partial charge in [0.05, 0.1) is 17.3 Å². The van der Waals surface area contributed by atoms with Crippen LogP contribution >= 0.6 is 11.8 Å². The molecule has 0 saturated carbocycles. The van der Waals surface area contributed by atoms with Crippen molar-refractivity contribution in [1.82, 2.24) is 14.8 Å². The summed E-state index contributed by atoms with van der Waals surface area (Å²) in [6.07, 6.45) is 0. The van der Waals surface area contributed by atoms with Gasteiger partial charge in [-0.2, -0.15) is 0 Å². The third kappa shape index (κ3) is 4.79. The van der Waals surface area contributed by atoms with Crippen molar-refractivity contribution in [1.29, 1.82) is 0 Å². The lowest BCUT2D eigenvalue weighted by Gasteiger charge is -2.10. The van der Waals surface area contributed by atoms with E-state index in [9.17, 15) is 13.2 Å². The lowest BCUT2D eigenvalue weighted by atomic mass is 10.3. The number of rotatable bonds is 8. The quantitative estimate of drug-likeness (QED) is 0.411. The molecule has 1 heterocycles. The van der Waals surface area contributed by atoms with Crippen LogP contribution in [-0.2, 0) is 25.1 Å². The molecular weight excluding hydrogens is 398 g/mol. The third-order valence-corrected chi connectivity index (χ3v) is 6.29. The number of esters is 1. The highest BCUT2D eigenvalue weighted by Gasteiger charge is 2.23. The number of benzene rings is 2. The van der Waals surface area contributed by atoms with Crippen molar-refractivity contribution in [2.75, 3.05) is 12.4 Å². The summed E-state index contributed by atoms with van der Waals surface area (Å²) in [5, 5.41) is 8.62. The Kier molecular flexibility index (Phi) is 6.48. The monoisotopic (exact) mass is 417 g/mol. The number of aromatic nitrogens is 3. The molecule has 0 saturated heterocycles. The van der Waals surface area contributed by atoms with Crippen LogP contribution in [0.4, 0.5) is 0 Å². The number of nitrogens with zero attached hydrogens (tertiary/aromatic N) is 3. The van der Waals surface area contributed by atoms with E-state index in [0.717, 1.165) is 17.4 Å². The summed E-state index contributed by atoms with van der Waals surface area (Å²) in [7, 11) is -3.59. The fourth-order valence-electron chi connectivity index (χ4n) is 2.53. The van der Waals surface area contributed by atoms with Crippen LogP contribution < -0.4 is 0 Å². The molecule has 0 unspecified atom stereocenters. The van der Waals surface area contributed by atoms with Gasteiger partial charge < -0.3 is 4.74 Å². The van der Waals surface area contributed by atoms with E-state index in [0.29, 0.717) is 11.8 Å². The van der Waals surface area contributed by atoms with Gasteiger partial charge >= 0.3 is 5.97 Å². The van der Waals surface area contributed by atoms with Crippen molar-refractivity contribution >= 4 is 27.6 Å². The Morgan fingerprint density at radius 2 is 1.68 bits per heavy atom. The second-order valence-electron chi connectivity index (χ2n) is 5.74. The molecular formula is C19H19N3O4S2. The van der Waals surface area contributed by atoms with Crippen molar-refractivity contribution in [3.8, 4) is 5.69 Å². The SMILES string of the molecule is CCOC(=O)CSc1nnc(CS(=O)(=O)c2ccccc2)n1-c1ccccc1. The van der Waals surface area contributed by atoms with Gasteiger partial charge in [-0.15, -0.1) is 10.2 Å². The summed E-state index contributed by atoms with van der Waals surface area (Å²) < 4.78 is 32.2. The van der Waals surface area contributed by atoms with Crippen molar-refractivity contribution in [2.45, 2.75) is 22.7 Å². The minimum Gasteiger partial charge on any atom is -0.465 e. The van der Waals surface area contributed by atoms with E-state index in [-0.39, 0.29) is 28.2 Å². The average molecular weight is 418 g/mol. The van der Waals surface area contributed by atoms with Crippen LogP contribution in [0.5, 0.6) is 0 Å². The molecule has 0 aliphatic carbocycles. The zero-order valence-electron chi connectivity index (χ0n) is 15.2. The zero-order chi connectivity index (χ0) is 20.0. The number of para-hydroxylation sites is 1. The summed E-state index contributed by atoms with van der Waals surface area (Å²) >= 11 is 1.15. The van der Waals surface area contributed by atoms with E-state index in [1.807, 2.05) is 30.3 Å². The van der Waals surface area contributed by atoms with E-state index in [4.69, 9.17) is 4.74 Å². The summed E-state index contributed by atoms with van der Waals surface area (Å²) in [5.74, 6) is -0.335. The number of sulfone groups is 1. The van der Waals surface area contributed by atoms with Crippen LogP contribution in [0.1, 0.15) is 12.7 Å². The molecule has 9 heteroatoms. The molecule has 0 atom stereocenters. The predicted molar refractivity (Wildman–Crippen MR) is 106 cm³/mol. The molecule has 7 nitrogen and oxygen atoms in total. The molecule has 146 valence electrons. The van der Waals surface area contributed by atoms with E-state index in [1.165, 1.54) is 0 Å². The Morgan fingerprint density at radius 1 is 1.04 bits per heavy atom. The number of carbonyl (C=O) groups excluding carboxylic acids is 1. The van der Waals surface area contributed by atoms with Gasteiger partial charge in [0, 0.05) is 5.69 Å². The number of carbonyl (C=O) groups is 1. The first-order chi connectivity index (χ1) is 13.5. The first-order valence-corrected chi connectivity index (χ1v) is 11.2. The first kappa shape index (κ1) is 20.1. The molecule has 3 rings (SSSR count). The average Bonchev–Trinajstić information content (AvgIpc) is 3.10. The van der Waals surface area contributed by atoms with E-state index in [2.05, 4.69) is 10.2 Å². The minimum atomic E-state index is -3.59. The highest BCUT2D eigenvalue weighted by molar-refractivity contribution is 7.99. The van der Waals surface area contributed by atoms with Gasteiger partial charge in [0.25, 0.3) is 0 Å². The molecule has 2 aromatic carbocycles. The van der Waals surface area contributed by atoms with E-state index >= 15 is 0 Å². The number of hydrogen-bond acceptors (Lipinski definition) is 7. The van der Waals surface area contributed by atoms with Gasteiger partial charge in [-0.1, -0.05) is 48.2 Å². The Morgan fingerprint density at radius 3 is 2.32 bits per heavy atom. The third-order valence-electron chi connectivity index (χ3n) is 3.76. The number of ether oxygens (including phenoxy) is 1. The normalized spacial score (nSPS) is 11.3. The Bertz CT molecular complexity index is 1040. The van der Waals surface area contributed by atoms with Crippen LogP contribution in [0, 0.1) is 0 Å². The second-order valence-corrected chi connectivity index (χ2v) is 8.67. The lowest BCUT2D eigenvalue weighted by molar-refractivity contribution is -0.139. The fraction of sp³-hybridized carbons (Fsp3) is 0.211. The highest BCUT2D eigenvalue weighted by atomic mass is 32.2. The van der Waals surface area contributed by atoms with Crippen molar-refractivity contribution < 1.29 is 17.9 Å². The Labute approximate surface area is 167 Å². The molecule has 1 aromatic heterocycles. The standard InChI is InChI=1S/C19H19N3O4S2/c1-2-26-18(23)13-27-19-21-20-17(22(19)15-9-5-3-6-10-15)14-28(24,25)16-11-7-4-8-12-16/h3-12H,2,13-14H2,1H3. The van der Waals surface area contributed by atoms with Gasteiger partial charge in [-0.05, 0) is 31.2 Å². The molecule has 3 aromatic rings. The highest BCUT2D eigenvalue weighted by Crippen LogP contribution is 2.24. The van der Waals surface area contributed by atoms with Gasteiger partial charge in [0.1, 0.15) is 5.75 Å². The second kappa shape index (κ2) is 9.03. The molecule has 0 aliphatic heterocycles. The Hall–Kier alpha value is -2.65. The number of hydrogen-bond donors (Lipinski definition) is 0. The summed E-state index contributed by atoms with van der Waals surface area (Å²) in [5.41, 5.74) is 0.720. The van der Waals surface area contributed by atoms with Crippen molar-refractivity contribution in [3.63, 3.8) is 0 Å². The minimum absolute atomic E-state index is 0.0598. The molecule has 0 spiro atoms. The van der Waals surface area contributed by atoms with Gasteiger partial charge in [0.2, 0.25) is 0 Å². The topological polar surface area (TPSA) is 91.2 Å². The van der Waals surface area contributed by atoms with E-state index < -0.39 is 9.84 Å². The largest absolute Gasteiger partial charge is 0.465 e. The molecule has 0 fully saturated rings. The predicted octanol–water partition coefficient (Wildman–Crippen LogP) is 2.90. The van der Waals surface area contributed by atoms with Crippen LogP contribution in [0.3, 0.4) is 0 Å². The van der Waals surface area contributed by atoms with Crippen LogP contribution in [-0.4, -0.2) is 41.5 Å². The van der Waals surface area contributed by atoms with Gasteiger partial charge in [0.15, 0.2) is 20.8 Å². The summed E-state index contributed by atoms with van der Waals surface area (Å²) in [6.45, 7) is 2.03. The summed E-state index contributed by atoms with van der Waals surface area (Å²) in [4.78, 5) is 11.9.